The highest BCUT2D eigenvalue weighted by Gasteiger charge is 2.48. The summed E-state index contributed by atoms with van der Waals surface area (Å²) in [5, 5.41) is 0. The first-order valence-corrected chi connectivity index (χ1v) is 19.1. The second kappa shape index (κ2) is 9.88. The van der Waals surface area contributed by atoms with Crippen LogP contribution in [0.2, 0.25) is 39.3 Å². The Hall–Kier alpha value is 0.0138. The van der Waals surface area contributed by atoms with Crippen molar-refractivity contribution < 1.29 is 13.6 Å². The lowest BCUT2D eigenvalue weighted by Crippen LogP contribution is -2.57. The van der Waals surface area contributed by atoms with Gasteiger partial charge < -0.3 is 13.6 Å². The summed E-state index contributed by atoms with van der Waals surface area (Å²) < 4.78 is 21.6. The van der Waals surface area contributed by atoms with Gasteiger partial charge in [-0.1, -0.05) is 49.7 Å². The highest BCUT2D eigenvalue weighted by Crippen LogP contribution is 2.43. The number of hydrogen-bond donors (Lipinski definition) is 0. The summed E-state index contributed by atoms with van der Waals surface area (Å²) >= 11 is 3.83. The maximum absolute atomic E-state index is 6.84. The molecule has 1 aliphatic rings. The lowest BCUT2D eigenvalue weighted by atomic mass is 9.83. The van der Waals surface area contributed by atoms with Gasteiger partial charge in [0.15, 0.2) is 16.6 Å². The van der Waals surface area contributed by atoms with Crippen molar-refractivity contribution in [2.75, 3.05) is 0 Å². The van der Waals surface area contributed by atoms with E-state index in [9.17, 15) is 0 Å². The topological polar surface area (TPSA) is 27.7 Å². The van der Waals surface area contributed by atoms with Crippen LogP contribution < -0.4 is 0 Å². The van der Waals surface area contributed by atoms with Gasteiger partial charge in [0, 0.05) is 10.4 Å². The minimum atomic E-state index is -1.81. The average molecular weight is 516 g/mol. The molecule has 6 heteroatoms. The van der Waals surface area contributed by atoms with E-state index < -0.39 is 16.6 Å². The molecule has 0 aliphatic carbocycles. The third kappa shape index (κ3) is 6.52. The first-order valence-electron chi connectivity index (χ1n) is 11.5. The molecule has 3 nitrogen and oxygen atoms in total. The molecule has 172 valence electrons. The lowest BCUT2D eigenvalue weighted by Gasteiger charge is -2.49. The number of aryl methyl sites for hydroxylation is 1. The fourth-order valence-corrected chi connectivity index (χ4v) is 7.44. The van der Waals surface area contributed by atoms with E-state index in [-0.39, 0.29) is 24.4 Å². The molecule has 1 aromatic carbocycles. The molecule has 1 fully saturated rings. The predicted octanol–water partition coefficient (Wildman–Crippen LogP) is 7.81. The van der Waals surface area contributed by atoms with Crippen LogP contribution in [-0.2, 0) is 13.6 Å². The zero-order valence-corrected chi connectivity index (χ0v) is 24.5. The van der Waals surface area contributed by atoms with Crippen molar-refractivity contribution >= 4 is 32.6 Å². The number of halogens is 1. The Labute approximate surface area is 195 Å². The van der Waals surface area contributed by atoms with Gasteiger partial charge >= 0.3 is 0 Å². The minimum Gasteiger partial charge on any atom is -0.412 e. The van der Waals surface area contributed by atoms with Crippen molar-refractivity contribution in [3.05, 3.63) is 33.3 Å². The molecule has 0 amide bonds. The molecular formula is C24H43BrO3Si2. The second-order valence-electron chi connectivity index (χ2n) is 11.1. The standard InChI is InChI=1S/C24H43BrO3Si2/c1-12-21-17(5)22(27-29(6,7)8)24(28-30(9,10)11)23(26-21)19-14-20(25)18(15(2)3)13-16(19)4/h13-15,17,21-24H,12H2,1-11H3/t17-,21-,22+,23+,24-/m1/s1. The number of ether oxygens (including phenoxy) is 1. The Kier molecular flexibility index (Phi) is 8.65. The molecule has 1 saturated heterocycles. The number of rotatable bonds is 7. The molecule has 2 rings (SSSR count). The van der Waals surface area contributed by atoms with E-state index in [1.807, 2.05) is 0 Å². The quantitative estimate of drug-likeness (QED) is 0.347. The molecule has 0 radical (unpaired) electrons. The van der Waals surface area contributed by atoms with Crippen molar-refractivity contribution in [2.24, 2.45) is 5.92 Å². The zero-order chi connectivity index (χ0) is 23.0. The Morgan fingerprint density at radius 1 is 1.00 bits per heavy atom. The molecule has 0 unspecified atom stereocenters. The van der Waals surface area contributed by atoms with Crippen LogP contribution >= 0.6 is 15.9 Å². The summed E-state index contributed by atoms with van der Waals surface area (Å²) in [7, 11) is -3.57. The van der Waals surface area contributed by atoms with Crippen molar-refractivity contribution in [1.82, 2.24) is 0 Å². The predicted molar refractivity (Wildman–Crippen MR) is 136 cm³/mol. The number of benzene rings is 1. The Morgan fingerprint density at radius 3 is 2.00 bits per heavy atom. The smallest absolute Gasteiger partial charge is 0.184 e. The lowest BCUT2D eigenvalue weighted by molar-refractivity contribution is -0.188. The second-order valence-corrected chi connectivity index (χ2v) is 20.9. The van der Waals surface area contributed by atoms with E-state index in [0.717, 1.165) is 10.9 Å². The maximum Gasteiger partial charge on any atom is 0.184 e. The van der Waals surface area contributed by atoms with Crippen LogP contribution in [0.25, 0.3) is 0 Å². The van der Waals surface area contributed by atoms with E-state index in [1.54, 1.807) is 0 Å². The van der Waals surface area contributed by atoms with Gasteiger partial charge in [0.2, 0.25) is 0 Å². The van der Waals surface area contributed by atoms with Crippen LogP contribution in [0.3, 0.4) is 0 Å². The molecule has 0 spiro atoms. The van der Waals surface area contributed by atoms with E-state index in [0.29, 0.717) is 11.8 Å². The molecule has 1 heterocycles. The van der Waals surface area contributed by atoms with Gasteiger partial charge in [-0.15, -0.1) is 0 Å². The first-order chi connectivity index (χ1) is 13.6. The Morgan fingerprint density at radius 2 is 1.53 bits per heavy atom. The van der Waals surface area contributed by atoms with Gasteiger partial charge in [0.05, 0.1) is 12.2 Å². The van der Waals surface area contributed by atoms with Crippen LogP contribution in [0.4, 0.5) is 0 Å². The summed E-state index contributed by atoms with van der Waals surface area (Å²) in [5.41, 5.74) is 3.83. The molecular weight excluding hydrogens is 472 g/mol. The molecule has 0 aromatic heterocycles. The van der Waals surface area contributed by atoms with Crippen molar-refractivity contribution in [3.8, 4) is 0 Å². The summed E-state index contributed by atoms with van der Waals surface area (Å²) in [6.45, 7) is 24.8. The summed E-state index contributed by atoms with van der Waals surface area (Å²) in [6, 6.07) is 4.58. The average Bonchev–Trinajstić information content (AvgIpc) is 2.58. The van der Waals surface area contributed by atoms with Crippen LogP contribution in [0.1, 0.15) is 62.8 Å². The third-order valence-electron chi connectivity index (χ3n) is 5.74. The molecule has 30 heavy (non-hydrogen) atoms. The van der Waals surface area contributed by atoms with E-state index in [4.69, 9.17) is 13.6 Å². The van der Waals surface area contributed by atoms with Gasteiger partial charge in [-0.05, 0) is 81.3 Å². The first kappa shape index (κ1) is 26.3. The fourth-order valence-electron chi connectivity index (χ4n) is 4.38. The van der Waals surface area contributed by atoms with Gasteiger partial charge in [-0.25, -0.2) is 0 Å². The van der Waals surface area contributed by atoms with Gasteiger partial charge in [-0.2, -0.15) is 0 Å². The summed E-state index contributed by atoms with van der Waals surface area (Å²) in [6.07, 6.45) is 0.997. The van der Waals surface area contributed by atoms with Gasteiger partial charge in [0.1, 0.15) is 12.2 Å². The Bertz CT molecular complexity index is 724. The zero-order valence-electron chi connectivity index (χ0n) is 20.9. The minimum absolute atomic E-state index is 0.0510. The van der Waals surface area contributed by atoms with Crippen LogP contribution in [0.5, 0.6) is 0 Å². The van der Waals surface area contributed by atoms with Crippen molar-refractivity contribution in [3.63, 3.8) is 0 Å². The normalized spacial score (nSPS) is 28.2. The molecule has 1 aromatic rings. The monoisotopic (exact) mass is 514 g/mol. The van der Waals surface area contributed by atoms with Crippen LogP contribution in [0.15, 0.2) is 16.6 Å². The van der Waals surface area contributed by atoms with Crippen molar-refractivity contribution in [2.45, 2.75) is 111 Å². The highest BCUT2D eigenvalue weighted by molar-refractivity contribution is 9.10. The fraction of sp³-hybridized carbons (Fsp3) is 0.750. The van der Waals surface area contributed by atoms with Gasteiger partial charge in [0.25, 0.3) is 0 Å². The van der Waals surface area contributed by atoms with Crippen LogP contribution in [0, 0.1) is 12.8 Å². The van der Waals surface area contributed by atoms with Gasteiger partial charge in [-0.3, -0.25) is 0 Å². The van der Waals surface area contributed by atoms with Crippen molar-refractivity contribution in [1.29, 1.82) is 0 Å². The summed E-state index contributed by atoms with van der Waals surface area (Å²) in [5.74, 6) is 0.776. The third-order valence-corrected chi connectivity index (χ3v) is 8.39. The molecule has 0 N–H and O–H groups in total. The molecule has 0 saturated carbocycles. The van der Waals surface area contributed by atoms with E-state index >= 15 is 0 Å². The highest BCUT2D eigenvalue weighted by atomic mass is 79.9. The molecule has 5 atom stereocenters. The maximum atomic E-state index is 6.84. The SMILES string of the molecule is CC[C@H]1O[C@@H](c2cc(Br)c(C(C)C)cc2C)[C@H](O[Si](C)(C)C)[C@@H](O[Si](C)(C)C)[C@@H]1C. The van der Waals surface area contributed by atoms with E-state index in [1.165, 1.54) is 16.7 Å². The molecule has 1 aliphatic heterocycles. The Balaban J connectivity index is 2.59. The summed E-state index contributed by atoms with van der Waals surface area (Å²) in [4.78, 5) is 0. The largest absolute Gasteiger partial charge is 0.412 e. The number of hydrogen-bond acceptors (Lipinski definition) is 3. The van der Waals surface area contributed by atoms with Crippen LogP contribution in [-0.4, -0.2) is 34.9 Å². The van der Waals surface area contributed by atoms with E-state index in [2.05, 4.69) is 102 Å². The molecule has 0 bridgehead atoms.